The molecule has 3 atom stereocenters. The van der Waals surface area contributed by atoms with Gasteiger partial charge in [-0.25, -0.2) is 0 Å². The molecule has 1 fully saturated rings. The van der Waals surface area contributed by atoms with Crippen LogP contribution in [0.15, 0.2) is 12.1 Å². The molecule has 0 spiro atoms. The highest BCUT2D eigenvalue weighted by Crippen LogP contribution is 2.37. The van der Waals surface area contributed by atoms with E-state index in [1.165, 1.54) is 13.2 Å². The van der Waals surface area contributed by atoms with Gasteiger partial charge in [0.25, 0.3) is 0 Å². The number of hydrogen-bond acceptors (Lipinski definition) is 3. The molecule has 0 radical (unpaired) electrons. The van der Waals surface area contributed by atoms with Crippen molar-refractivity contribution < 1.29 is 14.6 Å². The second kappa shape index (κ2) is 5.21. The second-order valence-electron chi connectivity index (χ2n) is 3.86. The van der Waals surface area contributed by atoms with Crippen molar-refractivity contribution in [3.8, 4) is 5.75 Å². The molecule has 3 nitrogen and oxygen atoms in total. The molecule has 6 heteroatoms. The van der Waals surface area contributed by atoms with Gasteiger partial charge in [0.05, 0.1) is 21.2 Å². The minimum atomic E-state index is -0.494. The Morgan fingerprint density at radius 1 is 1.18 bits per heavy atom. The van der Waals surface area contributed by atoms with Crippen LogP contribution in [0.3, 0.4) is 0 Å². The molecular weight excluding hydrogens is 286 g/mol. The summed E-state index contributed by atoms with van der Waals surface area (Å²) in [6.07, 6.45) is -0.536. The second-order valence-corrected chi connectivity index (χ2v) is 5.08. The first-order valence-electron chi connectivity index (χ1n) is 5.05. The molecule has 0 heterocycles. The number of rotatable bonds is 3. The summed E-state index contributed by atoms with van der Waals surface area (Å²) in [5.74, 6) is 0.444. The van der Waals surface area contributed by atoms with E-state index in [2.05, 4.69) is 0 Å². The van der Waals surface area contributed by atoms with Crippen LogP contribution in [0.5, 0.6) is 5.75 Å². The fourth-order valence-electron chi connectivity index (χ4n) is 1.74. The Hall–Kier alpha value is -0.190. The lowest BCUT2D eigenvalue weighted by molar-refractivity contribution is -0.149. The molecule has 1 aromatic rings. The Bertz CT molecular complexity index is 425. The first-order chi connectivity index (χ1) is 8.02. The van der Waals surface area contributed by atoms with Gasteiger partial charge < -0.3 is 14.6 Å². The molecule has 0 aliphatic heterocycles. The van der Waals surface area contributed by atoms with Crippen LogP contribution in [0.1, 0.15) is 6.42 Å². The van der Waals surface area contributed by atoms with Crippen molar-refractivity contribution >= 4 is 34.8 Å². The minimum absolute atomic E-state index is 0.218. The van der Waals surface area contributed by atoms with Crippen LogP contribution in [0.4, 0.5) is 0 Å². The standard InChI is InChI=1S/C11H11Cl3O3/c1-16-11-8(15)4-10(11)17-9-3-6(13)5(12)2-7(9)14/h2-3,8,10-11,15H,4H2,1H3. The van der Waals surface area contributed by atoms with Crippen molar-refractivity contribution in [3.05, 3.63) is 27.2 Å². The van der Waals surface area contributed by atoms with Crippen LogP contribution >= 0.6 is 34.8 Å². The highest BCUT2D eigenvalue weighted by molar-refractivity contribution is 6.43. The molecule has 1 N–H and O–H groups in total. The summed E-state index contributed by atoms with van der Waals surface area (Å²) in [7, 11) is 1.53. The van der Waals surface area contributed by atoms with Crippen molar-refractivity contribution in [2.24, 2.45) is 0 Å². The van der Waals surface area contributed by atoms with Crippen LogP contribution in [0, 0.1) is 0 Å². The van der Waals surface area contributed by atoms with E-state index in [-0.39, 0.29) is 12.2 Å². The topological polar surface area (TPSA) is 38.7 Å². The molecule has 1 aliphatic carbocycles. The molecule has 0 bridgehead atoms. The Balaban J connectivity index is 2.12. The monoisotopic (exact) mass is 296 g/mol. The van der Waals surface area contributed by atoms with Gasteiger partial charge in [-0.2, -0.15) is 0 Å². The van der Waals surface area contributed by atoms with Gasteiger partial charge >= 0.3 is 0 Å². The van der Waals surface area contributed by atoms with Gasteiger partial charge in [0.1, 0.15) is 18.0 Å². The normalized spacial score (nSPS) is 27.7. The summed E-state index contributed by atoms with van der Waals surface area (Å²) in [5, 5.41) is 10.6. The maximum absolute atomic E-state index is 9.44. The third kappa shape index (κ3) is 2.64. The van der Waals surface area contributed by atoms with Gasteiger partial charge in [-0.15, -0.1) is 0 Å². The van der Waals surface area contributed by atoms with Gasteiger partial charge in [0.15, 0.2) is 0 Å². The number of aliphatic hydroxyl groups is 1. The highest BCUT2D eigenvalue weighted by atomic mass is 35.5. The minimum Gasteiger partial charge on any atom is -0.486 e. The van der Waals surface area contributed by atoms with Crippen molar-refractivity contribution in [2.75, 3.05) is 7.11 Å². The molecule has 2 rings (SSSR count). The van der Waals surface area contributed by atoms with Gasteiger partial charge in [-0.3, -0.25) is 0 Å². The lowest BCUT2D eigenvalue weighted by atomic mass is 9.88. The number of benzene rings is 1. The van der Waals surface area contributed by atoms with Crippen LogP contribution in [-0.4, -0.2) is 30.5 Å². The van der Waals surface area contributed by atoms with Crippen LogP contribution in [-0.2, 0) is 4.74 Å². The summed E-state index contributed by atoms with van der Waals surface area (Å²) in [6, 6.07) is 3.08. The highest BCUT2D eigenvalue weighted by Gasteiger charge is 2.42. The van der Waals surface area contributed by atoms with Crippen LogP contribution < -0.4 is 4.74 Å². The van der Waals surface area contributed by atoms with E-state index in [1.54, 1.807) is 6.07 Å². The molecule has 0 aromatic heterocycles. The quantitative estimate of drug-likeness (QED) is 0.871. The SMILES string of the molecule is COC1C(O)CC1Oc1cc(Cl)c(Cl)cc1Cl. The van der Waals surface area contributed by atoms with Crippen LogP contribution in [0.2, 0.25) is 15.1 Å². The van der Waals surface area contributed by atoms with E-state index >= 15 is 0 Å². The number of hydrogen-bond donors (Lipinski definition) is 1. The maximum Gasteiger partial charge on any atom is 0.140 e. The third-order valence-electron chi connectivity index (χ3n) is 2.74. The zero-order chi connectivity index (χ0) is 12.6. The summed E-state index contributed by atoms with van der Waals surface area (Å²) >= 11 is 17.7. The van der Waals surface area contributed by atoms with E-state index in [4.69, 9.17) is 44.3 Å². The summed E-state index contributed by atoms with van der Waals surface area (Å²) in [6.45, 7) is 0. The first kappa shape index (κ1) is 13.2. The van der Waals surface area contributed by atoms with Crippen molar-refractivity contribution in [2.45, 2.75) is 24.7 Å². The number of aliphatic hydroxyl groups excluding tert-OH is 1. The number of halogens is 3. The van der Waals surface area contributed by atoms with Crippen LogP contribution in [0.25, 0.3) is 0 Å². The first-order valence-corrected chi connectivity index (χ1v) is 6.18. The average Bonchev–Trinajstić information content (AvgIpc) is 2.25. The van der Waals surface area contributed by atoms with Gasteiger partial charge in [0, 0.05) is 19.6 Å². The summed E-state index contributed by atoms with van der Waals surface area (Å²) in [5.41, 5.74) is 0. The van der Waals surface area contributed by atoms with Crippen molar-refractivity contribution in [1.82, 2.24) is 0 Å². The van der Waals surface area contributed by atoms with E-state index in [0.29, 0.717) is 27.2 Å². The molecule has 94 valence electrons. The number of methoxy groups -OCH3 is 1. The van der Waals surface area contributed by atoms with Crippen molar-refractivity contribution in [3.63, 3.8) is 0 Å². The number of ether oxygens (including phenoxy) is 2. The molecule has 1 aromatic carbocycles. The van der Waals surface area contributed by atoms with E-state index in [0.717, 1.165) is 0 Å². The van der Waals surface area contributed by atoms with Gasteiger partial charge in [0.2, 0.25) is 0 Å². The molecule has 0 amide bonds. The zero-order valence-electron chi connectivity index (χ0n) is 8.99. The van der Waals surface area contributed by atoms with E-state index in [1.807, 2.05) is 0 Å². The fraction of sp³-hybridized carbons (Fsp3) is 0.455. The van der Waals surface area contributed by atoms with E-state index in [9.17, 15) is 5.11 Å². The molecular formula is C11H11Cl3O3. The summed E-state index contributed by atoms with van der Waals surface area (Å²) in [4.78, 5) is 0. The molecule has 3 unspecified atom stereocenters. The average molecular weight is 298 g/mol. The maximum atomic E-state index is 9.44. The Labute approximate surface area is 114 Å². The molecule has 1 aliphatic rings. The zero-order valence-corrected chi connectivity index (χ0v) is 11.3. The predicted molar refractivity (Wildman–Crippen MR) is 67.3 cm³/mol. The predicted octanol–water partition coefficient (Wildman–Crippen LogP) is 3.17. The molecule has 0 saturated heterocycles. The third-order valence-corrected chi connectivity index (χ3v) is 3.76. The Morgan fingerprint density at radius 2 is 1.82 bits per heavy atom. The summed E-state index contributed by atoms with van der Waals surface area (Å²) < 4.78 is 10.7. The fourth-order valence-corrected chi connectivity index (χ4v) is 2.32. The van der Waals surface area contributed by atoms with Gasteiger partial charge in [-0.1, -0.05) is 34.8 Å². The lowest BCUT2D eigenvalue weighted by Gasteiger charge is -2.40. The van der Waals surface area contributed by atoms with Crippen molar-refractivity contribution in [1.29, 1.82) is 0 Å². The lowest BCUT2D eigenvalue weighted by Crippen LogP contribution is -2.54. The molecule has 1 saturated carbocycles. The Morgan fingerprint density at radius 3 is 2.41 bits per heavy atom. The largest absolute Gasteiger partial charge is 0.486 e. The smallest absolute Gasteiger partial charge is 0.140 e. The van der Waals surface area contributed by atoms with Gasteiger partial charge in [-0.05, 0) is 6.07 Å². The Kier molecular flexibility index (Phi) is 4.06. The molecule has 17 heavy (non-hydrogen) atoms. The van der Waals surface area contributed by atoms with E-state index < -0.39 is 6.10 Å².